The number of carbonyl (C=O) groups is 1. The molecule has 1 N–H and O–H groups in total. The quantitative estimate of drug-likeness (QED) is 0.649. The van der Waals surface area contributed by atoms with Crippen molar-refractivity contribution >= 4 is 23.7 Å². The Morgan fingerprint density at radius 2 is 1.61 bits per heavy atom. The third-order valence-electron chi connectivity index (χ3n) is 1.92. The molecule has 0 radical (unpaired) electrons. The zero-order valence-corrected chi connectivity index (χ0v) is 9.04. The first kappa shape index (κ1) is 14.6. The maximum absolute atomic E-state index is 12.5. The normalized spacial score (nSPS) is 12.4. The van der Waals surface area contributed by atoms with Gasteiger partial charge in [0, 0.05) is 0 Å². The summed E-state index contributed by atoms with van der Waals surface area (Å²) in [5, 5.41) is 0.691. The summed E-state index contributed by atoms with van der Waals surface area (Å²) in [6.45, 7) is 0. The third-order valence-corrected chi connectivity index (χ3v) is 2.33. The first-order valence-corrected chi connectivity index (χ1v) is 4.63. The fourth-order valence-electron chi connectivity index (χ4n) is 1.16. The molecule has 0 fully saturated rings. The van der Waals surface area contributed by atoms with Crippen molar-refractivity contribution in [2.45, 2.75) is 12.4 Å². The standard InChI is InChI=1S/C9H4ClF6NO/c10-7-5(9(14,15)16)1-4(8(11,12)13)2-6(7)17-3-18/h1-3H,(H,17,18). The van der Waals surface area contributed by atoms with E-state index in [0.717, 1.165) is 0 Å². The predicted molar refractivity (Wildman–Crippen MR) is 51.1 cm³/mol. The smallest absolute Gasteiger partial charge is 0.327 e. The lowest BCUT2D eigenvalue weighted by molar-refractivity contribution is -0.143. The van der Waals surface area contributed by atoms with Crippen LogP contribution < -0.4 is 5.32 Å². The molecule has 9 heteroatoms. The Morgan fingerprint density at radius 3 is 2.00 bits per heavy atom. The van der Waals surface area contributed by atoms with Crippen LogP contribution in [0.3, 0.4) is 0 Å². The van der Waals surface area contributed by atoms with E-state index in [1.54, 1.807) is 5.32 Å². The number of benzene rings is 1. The van der Waals surface area contributed by atoms with Gasteiger partial charge in [0.2, 0.25) is 6.41 Å². The molecule has 0 saturated carbocycles. The third kappa shape index (κ3) is 3.06. The van der Waals surface area contributed by atoms with E-state index in [2.05, 4.69) is 0 Å². The van der Waals surface area contributed by atoms with Gasteiger partial charge in [0.05, 0.1) is 21.8 Å². The number of hydrogen-bond acceptors (Lipinski definition) is 1. The topological polar surface area (TPSA) is 29.1 Å². The number of hydrogen-bond donors (Lipinski definition) is 1. The molecule has 0 aliphatic heterocycles. The minimum absolute atomic E-state index is 0.0679. The zero-order chi connectivity index (χ0) is 14.1. The lowest BCUT2D eigenvalue weighted by Crippen LogP contribution is -2.13. The van der Waals surface area contributed by atoms with E-state index in [0.29, 0.717) is 6.07 Å². The average molecular weight is 292 g/mol. The fourth-order valence-corrected chi connectivity index (χ4v) is 1.43. The molecule has 1 aromatic carbocycles. The number of nitrogens with one attached hydrogen (secondary N) is 1. The monoisotopic (exact) mass is 291 g/mol. The minimum Gasteiger partial charge on any atom is -0.327 e. The molecular weight excluding hydrogens is 288 g/mol. The number of amides is 1. The number of rotatable bonds is 2. The molecule has 0 aliphatic carbocycles. The Balaban J connectivity index is 3.52. The molecule has 1 rings (SSSR count). The maximum atomic E-state index is 12.5. The molecular formula is C9H4ClF6NO. The predicted octanol–water partition coefficient (Wildman–Crippen LogP) is 3.95. The molecule has 1 amide bonds. The summed E-state index contributed by atoms with van der Waals surface area (Å²) < 4.78 is 74.6. The largest absolute Gasteiger partial charge is 0.417 e. The van der Waals surface area contributed by atoms with Gasteiger partial charge in [-0.1, -0.05) is 11.6 Å². The Labute approximate surface area is 102 Å². The lowest BCUT2D eigenvalue weighted by atomic mass is 10.1. The summed E-state index contributed by atoms with van der Waals surface area (Å²) >= 11 is 5.29. The Hall–Kier alpha value is -1.44. The molecule has 0 aliphatic rings. The summed E-state index contributed by atoms with van der Waals surface area (Å²) in [4.78, 5) is 10.1. The number of alkyl halides is 6. The van der Waals surface area contributed by atoms with Crippen LogP contribution in [0.5, 0.6) is 0 Å². The fraction of sp³-hybridized carbons (Fsp3) is 0.222. The van der Waals surface area contributed by atoms with Gasteiger partial charge >= 0.3 is 12.4 Å². The van der Waals surface area contributed by atoms with Gasteiger partial charge in [-0.3, -0.25) is 4.79 Å². The van der Waals surface area contributed by atoms with Crippen LogP contribution in [0.2, 0.25) is 5.02 Å². The van der Waals surface area contributed by atoms with Crippen molar-refractivity contribution in [1.29, 1.82) is 0 Å². The van der Waals surface area contributed by atoms with Crippen LogP contribution in [-0.4, -0.2) is 6.41 Å². The van der Waals surface area contributed by atoms with Crippen molar-refractivity contribution in [3.05, 3.63) is 28.3 Å². The van der Waals surface area contributed by atoms with Gasteiger partial charge in [-0.2, -0.15) is 26.3 Å². The highest BCUT2D eigenvalue weighted by Crippen LogP contribution is 2.42. The van der Waals surface area contributed by atoms with Crippen molar-refractivity contribution in [1.82, 2.24) is 0 Å². The SMILES string of the molecule is O=CNc1cc(C(F)(F)F)cc(C(F)(F)F)c1Cl. The Kier molecular flexibility index (Phi) is 3.80. The molecule has 0 atom stereocenters. The highest BCUT2D eigenvalue weighted by atomic mass is 35.5. The highest BCUT2D eigenvalue weighted by molar-refractivity contribution is 6.34. The van der Waals surface area contributed by atoms with Crippen molar-refractivity contribution < 1.29 is 31.1 Å². The van der Waals surface area contributed by atoms with Crippen molar-refractivity contribution in [2.75, 3.05) is 5.32 Å². The van der Waals surface area contributed by atoms with E-state index in [9.17, 15) is 31.1 Å². The van der Waals surface area contributed by atoms with Crippen LogP contribution in [0.15, 0.2) is 12.1 Å². The molecule has 18 heavy (non-hydrogen) atoms. The van der Waals surface area contributed by atoms with Crippen LogP contribution in [0.1, 0.15) is 11.1 Å². The van der Waals surface area contributed by atoms with Crippen LogP contribution in [0.4, 0.5) is 32.0 Å². The second-order valence-corrected chi connectivity index (χ2v) is 3.52. The van der Waals surface area contributed by atoms with Crippen LogP contribution >= 0.6 is 11.6 Å². The molecule has 0 spiro atoms. The van der Waals surface area contributed by atoms with Crippen LogP contribution in [-0.2, 0) is 17.1 Å². The molecule has 0 heterocycles. The summed E-state index contributed by atoms with van der Waals surface area (Å²) in [6, 6.07) is 0.213. The summed E-state index contributed by atoms with van der Waals surface area (Å²) in [5.74, 6) is 0. The van der Waals surface area contributed by atoms with Crippen molar-refractivity contribution in [3.63, 3.8) is 0 Å². The molecule has 0 aromatic heterocycles. The number of halogens is 7. The molecule has 0 bridgehead atoms. The van der Waals surface area contributed by atoms with Gasteiger partial charge in [0.15, 0.2) is 0 Å². The van der Waals surface area contributed by atoms with E-state index in [1.165, 1.54) is 0 Å². The summed E-state index contributed by atoms with van der Waals surface area (Å²) in [5.41, 5.74) is -3.97. The van der Waals surface area contributed by atoms with E-state index >= 15 is 0 Å². The van der Waals surface area contributed by atoms with E-state index in [4.69, 9.17) is 11.6 Å². The molecule has 0 unspecified atom stereocenters. The van der Waals surface area contributed by atoms with Gasteiger partial charge in [-0.05, 0) is 12.1 Å². The van der Waals surface area contributed by atoms with Gasteiger partial charge in [-0.25, -0.2) is 0 Å². The molecule has 1 aromatic rings. The minimum atomic E-state index is -5.06. The van der Waals surface area contributed by atoms with Crippen LogP contribution in [0.25, 0.3) is 0 Å². The second-order valence-electron chi connectivity index (χ2n) is 3.14. The lowest BCUT2D eigenvalue weighted by Gasteiger charge is -2.15. The Morgan fingerprint density at radius 1 is 1.06 bits per heavy atom. The molecule has 2 nitrogen and oxygen atoms in total. The van der Waals surface area contributed by atoms with E-state index in [1.807, 2.05) is 0 Å². The van der Waals surface area contributed by atoms with E-state index < -0.39 is 34.2 Å². The molecule has 100 valence electrons. The highest BCUT2D eigenvalue weighted by Gasteiger charge is 2.39. The zero-order valence-electron chi connectivity index (χ0n) is 8.29. The number of carbonyl (C=O) groups excluding carboxylic acids is 1. The van der Waals surface area contributed by atoms with Crippen molar-refractivity contribution in [3.8, 4) is 0 Å². The first-order valence-electron chi connectivity index (χ1n) is 4.25. The average Bonchev–Trinajstić information content (AvgIpc) is 2.17. The van der Waals surface area contributed by atoms with Gasteiger partial charge in [-0.15, -0.1) is 0 Å². The summed E-state index contributed by atoms with van der Waals surface area (Å²) in [7, 11) is 0. The van der Waals surface area contributed by atoms with Crippen molar-refractivity contribution in [2.24, 2.45) is 0 Å². The summed E-state index contributed by atoms with van der Waals surface area (Å²) in [6.07, 6.45) is -10.1. The van der Waals surface area contributed by atoms with Gasteiger partial charge < -0.3 is 5.32 Å². The second kappa shape index (κ2) is 4.68. The van der Waals surface area contributed by atoms with Gasteiger partial charge in [0.1, 0.15) is 0 Å². The van der Waals surface area contributed by atoms with Crippen LogP contribution in [0, 0.1) is 0 Å². The number of anilines is 1. The first-order chi connectivity index (χ1) is 8.07. The Bertz CT molecular complexity index is 467. The maximum Gasteiger partial charge on any atom is 0.417 e. The van der Waals surface area contributed by atoms with E-state index in [-0.39, 0.29) is 12.5 Å². The van der Waals surface area contributed by atoms with Gasteiger partial charge in [0.25, 0.3) is 0 Å². The molecule has 0 saturated heterocycles.